The highest BCUT2D eigenvalue weighted by atomic mass is 19.1. The molecule has 0 fully saturated rings. The van der Waals surface area contributed by atoms with Gasteiger partial charge in [-0.2, -0.15) is 0 Å². The Bertz CT molecular complexity index is 1510. The summed E-state index contributed by atoms with van der Waals surface area (Å²) in [6.07, 6.45) is 0. The Kier molecular flexibility index (Phi) is 5.78. The molecule has 0 bridgehead atoms. The lowest BCUT2D eigenvalue weighted by Crippen LogP contribution is -2.43. The maximum absolute atomic E-state index is 14.8. The molecule has 5 rings (SSSR count). The molecule has 0 saturated carbocycles. The third-order valence-electron chi connectivity index (χ3n) is 6.10. The van der Waals surface area contributed by atoms with E-state index in [9.17, 15) is 22.8 Å². The lowest BCUT2D eigenvalue weighted by atomic mass is 10.0. The number of nitrogens with two attached hydrogens (primary N) is 1. The number of aromatic nitrogens is 2. The van der Waals surface area contributed by atoms with Crippen LogP contribution < -0.4 is 21.7 Å². The van der Waals surface area contributed by atoms with Crippen molar-refractivity contribution in [2.24, 2.45) is 5.73 Å². The Morgan fingerprint density at radius 1 is 0.886 bits per heavy atom. The van der Waals surface area contributed by atoms with Crippen LogP contribution in [0.5, 0.6) is 5.88 Å². The van der Waals surface area contributed by atoms with Gasteiger partial charge in [-0.25, -0.2) is 18.0 Å². The fourth-order valence-electron chi connectivity index (χ4n) is 4.40. The monoisotopic (exact) mass is 479 g/mol. The predicted molar refractivity (Wildman–Crippen MR) is 124 cm³/mol. The Balaban J connectivity index is 1.77. The number of rotatable bonds is 5. The van der Waals surface area contributed by atoms with Gasteiger partial charge in [0.1, 0.15) is 35.7 Å². The summed E-state index contributed by atoms with van der Waals surface area (Å²) < 4.78 is 51.6. The van der Waals surface area contributed by atoms with Crippen LogP contribution in [0.25, 0.3) is 11.1 Å². The van der Waals surface area contributed by atoms with E-state index in [-0.39, 0.29) is 35.7 Å². The molecule has 1 aromatic heterocycles. The van der Waals surface area contributed by atoms with Crippen molar-refractivity contribution in [3.8, 4) is 17.0 Å². The zero-order chi connectivity index (χ0) is 24.7. The standard InChI is InChI=1S/C26H20F3N3O3/c27-17-10-5-4-9-16(17)22-24(33)31(13-20(30)15-7-2-1-3-8-15)26(34)32-21(14-35-25(22)32)23-18(28)11-6-12-19(23)29/h1-12,20-21H,13-14,30H2. The van der Waals surface area contributed by atoms with Crippen LogP contribution in [0.4, 0.5) is 13.2 Å². The summed E-state index contributed by atoms with van der Waals surface area (Å²) in [4.78, 5) is 27.1. The zero-order valence-corrected chi connectivity index (χ0v) is 18.3. The van der Waals surface area contributed by atoms with Crippen LogP contribution >= 0.6 is 0 Å². The fraction of sp³-hybridized carbons (Fsp3) is 0.154. The summed E-state index contributed by atoms with van der Waals surface area (Å²) in [5.74, 6) is -2.70. The Morgan fingerprint density at radius 2 is 1.51 bits per heavy atom. The maximum Gasteiger partial charge on any atom is 0.334 e. The van der Waals surface area contributed by atoms with Gasteiger partial charge in [0, 0.05) is 11.6 Å². The quantitative estimate of drug-likeness (QED) is 0.473. The third kappa shape index (κ3) is 3.83. The van der Waals surface area contributed by atoms with E-state index in [1.165, 1.54) is 30.3 Å². The molecule has 2 heterocycles. The molecular weight excluding hydrogens is 459 g/mol. The second-order valence-electron chi connectivity index (χ2n) is 8.21. The number of halogens is 3. The van der Waals surface area contributed by atoms with Gasteiger partial charge in [0.2, 0.25) is 5.88 Å². The first-order chi connectivity index (χ1) is 16.9. The first kappa shape index (κ1) is 22.7. The molecule has 3 aromatic carbocycles. The molecule has 6 nitrogen and oxygen atoms in total. The summed E-state index contributed by atoms with van der Waals surface area (Å²) in [5, 5.41) is 0. The molecule has 1 aliphatic heterocycles. The van der Waals surface area contributed by atoms with Crippen molar-refractivity contribution < 1.29 is 17.9 Å². The minimum Gasteiger partial charge on any atom is -0.476 e. The van der Waals surface area contributed by atoms with Crippen molar-refractivity contribution in [2.45, 2.75) is 18.6 Å². The van der Waals surface area contributed by atoms with Gasteiger partial charge in [0.25, 0.3) is 5.56 Å². The number of ether oxygens (including phenoxy) is 1. The number of hydrogen-bond acceptors (Lipinski definition) is 4. The van der Waals surface area contributed by atoms with Crippen molar-refractivity contribution in [3.63, 3.8) is 0 Å². The molecule has 0 saturated heterocycles. The number of hydrogen-bond donors (Lipinski definition) is 1. The lowest BCUT2D eigenvalue weighted by molar-refractivity contribution is 0.337. The minimum atomic E-state index is -1.20. The molecule has 2 N–H and O–H groups in total. The highest BCUT2D eigenvalue weighted by Gasteiger charge is 2.36. The van der Waals surface area contributed by atoms with E-state index in [1.807, 2.05) is 0 Å². The fourth-order valence-corrected chi connectivity index (χ4v) is 4.40. The number of fused-ring (bicyclic) bond motifs is 1. The van der Waals surface area contributed by atoms with Gasteiger partial charge in [-0.1, -0.05) is 54.6 Å². The van der Waals surface area contributed by atoms with Crippen molar-refractivity contribution in [3.05, 3.63) is 122 Å². The van der Waals surface area contributed by atoms with Gasteiger partial charge in [0.15, 0.2) is 0 Å². The lowest BCUT2D eigenvalue weighted by Gasteiger charge is -2.19. The van der Waals surface area contributed by atoms with E-state index in [0.717, 1.165) is 21.3 Å². The average molecular weight is 479 g/mol. The van der Waals surface area contributed by atoms with Gasteiger partial charge in [-0.15, -0.1) is 0 Å². The summed E-state index contributed by atoms with van der Waals surface area (Å²) in [7, 11) is 0. The van der Waals surface area contributed by atoms with Gasteiger partial charge < -0.3 is 10.5 Å². The van der Waals surface area contributed by atoms with Crippen LogP contribution in [-0.2, 0) is 6.54 Å². The molecule has 9 heteroatoms. The van der Waals surface area contributed by atoms with Crippen molar-refractivity contribution in [1.29, 1.82) is 0 Å². The van der Waals surface area contributed by atoms with E-state index in [0.29, 0.717) is 5.56 Å². The van der Waals surface area contributed by atoms with Gasteiger partial charge in [0.05, 0.1) is 12.1 Å². The first-order valence-electron chi connectivity index (χ1n) is 10.9. The molecule has 4 aromatic rings. The average Bonchev–Trinajstić information content (AvgIpc) is 3.28. The van der Waals surface area contributed by atoms with Crippen LogP contribution in [0.3, 0.4) is 0 Å². The smallest absolute Gasteiger partial charge is 0.334 e. The maximum atomic E-state index is 14.8. The largest absolute Gasteiger partial charge is 0.476 e. The highest BCUT2D eigenvalue weighted by Crippen LogP contribution is 2.37. The van der Waals surface area contributed by atoms with Crippen LogP contribution in [-0.4, -0.2) is 15.7 Å². The van der Waals surface area contributed by atoms with E-state index in [1.54, 1.807) is 30.3 Å². The van der Waals surface area contributed by atoms with Crippen LogP contribution in [0.15, 0.2) is 82.4 Å². The molecule has 178 valence electrons. The van der Waals surface area contributed by atoms with Crippen LogP contribution in [0.2, 0.25) is 0 Å². The Hall–Kier alpha value is -4.11. The van der Waals surface area contributed by atoms with E-state index < -0.39 is 40.8 Å². The first-order valence-corrected chi connectivity index (χ1v) is 10.9. The van der Waals surface area contributed by atoms with E-state index in [4.69, 9.17) is 10.5 Å². The number of benzene rings is 3. The molecule has 0 radical (unpaired) electrons. The van der Waals surface area contributed by atoms with Gasteiger partial charge in [-0.05, 0) is 23.8 Å². The Labute approximate surface area is 197 Å². The predicted octanol–water partition coefficient (Wildman–Crippen LogP) is 3.78. The highest BCUT2D eigenvalue weighted by molar-refractivity contribution is 5.69. The van der Waals surface area contributed by atoms with Crippen LogP contribution in [0.1, 0.15) is 23.2 Å². The van der Waals surface area contributed by atoms with Crippen molar-refractivity contribution >= 4 is 0 Å². The summed E-state index contributed by atoms with van der Waals surface area (Å²) in [6, 6.07) is 15.7. The molecule has 0 amide bonds. The topological polar surface area (TPSA) is 79.2 Å². The molecule has 1 aliphatic rings. The van der Waals surface area contributed by atoms with E-state index in [2.05, 4.69) is 0 Å². The summed E-state index contributed by atoms with van der Waals surface area (Å²) in [5.41, 5.74) is 4.59. The van der Waals surface area contributed by atoms with Crippen molar-refractivity contribution in [1.82, 2.24) is 9.13 Å². The third-order valence-corrected chi connectivity index (χ3v) is 6.10. The molecule has 2 unspecified atom stereocenters. The Morgan fingerprint density at radius 3 is 2.20 bits per heavy atom. The van der Waals surface area contributed by atoms with Crippen LogP contribution in [0, 0.1) is 17.5 Å². The van der Waals surface area contributed by atoms with Crippen molar-refractivity contribution in [2.75, 3.05) is 6.61 Å². The van der Waals surface area contributed by atoms with Gasteiger partial charge in [-0.3, -0.25) is 13.9 Å². The number of nitrogens with zero attached hydrogens (tertiary/aromatic N) is 2. The molecule has 2 atom stereocenters. The van der Waals surface area contributed by atoms with E-state index >= 15 is 0 Å². The normalized spacial score (nSPS) is 15.5. The summed E-state index contributed by atoms with van der Waals surface area (Å²) >= 11 is 0. The molecule has 0 spiro atoms. The molecular formula is C26H20F3N3O3. The minimum absolute atomic E-state index is 0.0991. The van der Waals surface area contributed by atoms with Gasteiger partial charge >= 0.3 is 5.69 Å². The molecule has 0 aliphatic carbocycles. The zero-order valence-electron chi connectivity index (χ0n) is 18.3. The summed E-state index contributed by atoms with van der Waals surface area (Å²) in [6.45, 7) is -0.557. The SMILES string of the molecule is NC(Cn1c(=O)c(-c2ccccc2F)c2n(c1=O)C(c1c(F)cccc1F)CO2)c1ccccc1. The second kappa shape index (κ2) is 8.92. The molecule has 35 heavy (non-hydrogen) atoms. The second-order valence-corrected chi connectivity index (χ2v) is 8.21.